The van der Waals surface area contributed by atoms with Gasteiger partial charge in [-0.3, -0.25) is 4.90 Å². The van der Waals surface area contributed by atoms with Crippen molar-refractivity contribution in [1.82, 2.24) is 24.8 Å². The highest BCUT2D eigenvalue weighted by Gasteiger charge is 2.35. The summed E-state index contributed by atoms with van der Waals surface area (Å²) in [7, 11) is 3.71. The van der Waals surface area contributed by atoms with Crippen LogP contribution in [0.3, 0.4) is 0 Å². The molecule has 0 amide bonds. The molecule has 2 atom stereocenters. The number of carboxylic acids is 1. The number of ether oxygens (including phenoxy) is 4. The average molecular weight is 918 g/mol. The van der Waals surface area contributed by atoms with Gasteiger partial charge in [-0.1, -0.05) is 60.1 Å². The van der Waals surface area contributed by atoms with Crippen molar-refractivity contribution in [2.75, 3.05) is 60.1 Å². The molecule has 0 saturated carbocycles. The van der Waals surface area contributed by atoms with Gasteiger partial charge in [0.05, 0.1) is 28.8 Å². The maximum Gasteiger partial charge on any atom is 0.345 e. The highest BCUT2D eigenvalue weighted by atomic mass is 35.5. The molecule has 65 heavy (non-hydrogen) atoms. The van der Waals surface area contributed by atoms with Gasteiger partial charge in [0.15, 0.2) is 5.82 Å². The SMILES string of the molecule is COc1ccccc1-c1nccc(COc2ccccc2C(CCO)C(Oc2ccnc3sc(-c4ccc(F)cc4)c(-c4ccc(OCCN5CCN(C)CC5)c(Cl)c4C)c23)C(=O)O)n1. The first-order valence-electron chi connectivity index (χ1n) is 21.3. The second kappa shape index (κ2) is 20.8. The Morgan fingerprint density at radius 3 is 2.35 bits per heavy atom. The molecule has 7 aromatic rings. The molecule has 2 unspecified atom stereocenters. The normalized spacial score (nSPS) is 14.2. The minimum absolute atomic E-state index is 0.0410. The number of nitrogens with zero attached hydrogens (tertiary/aromatic N) is 5. The number of benzene rings is 4. The molecule has 0 aliphatic carbocycles. The average Bonchev–Trinajstić information content (AvgIpc) is 3.72. The molecule has 336 valence electrons. The molecule has 0 radical (unpaired) electrons. The maximum atomic E-state index is 14.3. The van der Waals surface area contributed by atoms with Gasteiger partial charge in [0.2, 0.25) is 6.10 Å². The summed E-state index contributed by atoms with van der Waals surface area (Å²) in [6, 6.07) is 27.9. The monoisotopic (exact) mass is 917 g/mol. The summed E-state index contributed by atoms with van der Waals surface area (Å²) in [4.78, 5) is 33.3. The fourth-order valence-electron chi connectivity index (χ4n) is 8.11. The quantitative estimate of drug-likeness (QED) is 0.0848. The van der Waals surface area contributed by atoms with Crippen LogP contribution >= 0.6 is 22.9 Å². The van der Waals surface area contributed by atoms with Gasteiger partial charge in [0.25, 0.3) is 0 Å². The van der Waals surface area contributed by atoms with Crippen molar-refractivity contribution in [3.63, 3.8) is 0 Å². The topological polar surface area (TPSA) is 140 Å². The van der Waals surface area contributed by atoms with Crippen molar-refractivity contribution in [3.8, 4) is 56.0 Å². The molecular weight excluding hydrogens is 869 g/mol. The summed E-state index contributed by atoms with van der Waals surface area (Å²) in [6.07, 6.45) is 1.77. The van der Waals surface area contributed by atoms with Crippen LogP contribution in [0.4, 0.5) is 4.39 Å². The van der Waals surface area contributed by atoms with E-state index in [1.54, 1.807) is 68.0 Å². The number of carbonyl (C=O) groups is 1. The Labute approximate surface area is 385 Å². The van der Waals surface area contributed by atoms with Gasteiger partial charge in [-0.2, -0.15) is 0 Å². The molecule has 0 spiro atoms. The standard InChI is InChI=1S/C50H49ClFN5O7S/c1-31-35(16-17-42(45(31)51)62-29-27-57-25-23-56(2)24-26-57)43-44-41(19-22-54-49(44)65-47(43)32-12-14-33(52)15-13-32)64-46(50(59)60)37(20-28-58)36-8-4-7-11-40(36)63-30-34-18-21-53-48(55-34)38-9-5-6-10-39(38)61-3/h4-19,21-22,37,46,58H,20,23-30H2,1-3H3,(H,59,60). The number of fused-ring (bicyclic) bond motifs is 1. The van der Waals surface area contributed by atoms with E-state index in [2.05, 4.69) is 21.8 Å². The molecule has 1 fully saturated rings. The number of pyridine rings is 1. The second-order valence-electron chi connectivity index (χ2n) is 15.7. The van der Waals surface area contributed by atoms with Gasteiger partial charge in [0, 0.05) is 73.6 Å². The number of aliphatic hydroxyl groups is 1. The molecule has 2 N–H and O–H groups in total. The van der Waals surface area contributed by atoms with E-state index >= 15 is 0 Å². The Morgan fingerprint density at radius 2 is 1.60 bits per heavy atom. The molecule has 12 nitrogen and oxygen atoms in total. The summed E-state index contributed by atoms with van der Waals surface area (Å²) >= 11 is 8.48. The van der Waals surface area contributed by atoms with E-state index in [1.165, 1.54) is 23.5 Å². The van der Waals surface area contributed by atoms with Gasteiger partial charge in [-0.05, 0) is 85.6 Å². The molecule has 1 saturated heterocycles. The third-order valence-corrected chi connectivity index (χ3v) is 13.2. The smallest absolute Gasteiger partial charge is 0.345 e. The second-order valence-corrected chi connectivity index (χ2v) is 17.1. The van der Waals surface area contributed by atoms with E-state index < -0.39 is 18.0 Å². The van der Waals surface area contributed by atoms with E-state index in [0.29, 0.717) is 61.7 Å². The first kappa shape index (κ1) is 45.4. The summed E-state index contributed by atoms with van der Waals surface area (Å²) < 4.78 is 39.1. The van der Waals surface area contributed by atoms with E-state index in [4.69, 9.17) is 40.5 Å². The number of aliphatic carboxylic acids is 1. The lowest BCUT2D eigenvalue weighted by Gasteiger charge is -2.32. The molecule has 4 heterocycles. The number of para-hydroxylation sites is 2. The Bertz CT molecular complexity index is 2770. The lowest BCUT2D eigenvalue weighted by atomic mass is 9.89. The molecule has 0 bridgehead atoms. The van der Waals surface area contributed by atoms with E-state index in [9.17, 15) is 19.4 Å². The zero-order chi connectivity index (χ0) is 45.5. The minimum atomic E-state index is -1.49. The number of rotatable bonds is 18. The predicted molar refractivity (Wildman–Crippen MR) is 251 cm³/mol. The molecule has 3 aromatic heterocycles. The highest BCUT2D eigenvalue weighted by Crippen LogP contribution is 2.50. The molecule has 1 aliphatic rings. The van der Waals surface area contributed by atoms with Crippen LogP contribution in [0.5, 0.6) is 23.0 Å². The number of halogens is 2. The van der Waals surface area contributed by atoms with Crippen molar-refractivity contribution in [2.45, 2.75) is 32.0 Å². The van der Waals surface area contributed by atoms with Crippen molar-refractivity contribution >= 4 is 39.1 Å². The van der Waals surface area contributed by atoms with Crippen LogP contribution < -0.4 is 18.9 Å². The lowest BCUT2D eigenvalue weighted by molar-refractivity contribution is -0.146. The van der Waals surface area contributed by atoms with Gasteiger partial charge >= 0.3 is 5.97 Å². The zero-order valence-corrected chi connectivity index (χ0v) is 37.8. The van der Waals surface area contributed by atoms with Gasteiger partial charge < -0.3 is 34.1 Å². The van der Waals surface area contributed by atoms with E-state index in [-0.39, 0.29) is 31.2 Å². The largest absolute Gasteiger partial charge is 0.496 e. The third-order valence-electron chi connectivity index (χ3n) is 11.6. The summed E-state index contributed by atoms with van der Waals surface area (Å²) in [5, 5.41) is 22.4. The van der Waals surface area contributed by atoms with Crippen molar-refractivity contribution in [2.24, 2.45) is 0 Å². The number of thiophene rings is 1. The third kappa shape index (κ3) is 10.2. The number of carboxylic acid groups (broad SMARTS) is 1. The fourth-order valence-corrected chi connectivity index (χ4v) is 9.51. The predicted octanol–water partition coefficient (Wildman–Crippen LogP) is 9.40. The van der Waals surface area contributed by atoms with Crippen LogP contribution in [-0.2, 0) is 11.4 Å². The molecule has 4 aromatic carbocycles. The number of likely N-dealkylation sites (N-methyl/N-ethyl adjacent to an activating group) is 1. The van der Waals surface area contributed by atoms with E-state index in [1.807, 2.05) is 43.3 Å². The lowest BCUT2D eigenvalue weighted by Crippen LogP contribution is -2.45. The Morgan fingerprint density at radius 1 is 0.862 bits per heavy atom. The molecule has 1 aliphatic heterocycles. The Kier molecular flexibility index (Phi) is 14.5. The van der Waals surface area contributed by atoms with Crippen LogP contribution in [0.2, 0.25) is 5.02 Å². The van der Waals surface area contributed by atoms with Gasteiger partial charge in [-0.25, -0.2) is 24.1 Å². The van der Waals surface area contributed by atoms with Crippen LogP contribution in [0, 0.1) is 12.7 Å². The maximum absolute atomic E-state index is 14.3. The van der Waals surface area contributed by atoms with Crippen LogP contribution in [0.25, 0.3) is 43.2 Å². The van der Waals surface area contributed by atoms with Crippen LogP contribution in [-0.4, -0.2) is 107 Å². The van der Waals surface area contributed by atoms with Gasteiger partial charge in [0.1, 0.15) is 46.9 Å². The van der Waals surface area contributed by atoms with E-state index in [0.717, 1.165) is 59.9 Å². The molecular formula is C50H49ClFN5O7S. The number of piperazine rings is 1. The van der Waals surface area contributed by atoms with Crippen molar-refractivity contribution in [1.29, 1.82) is 0 Å². The van der Waals surface area contributed by atoms with Gasteiger partial charge in [-0.15, -0.1) is 11.3 Å². The van der Waals surface area contributed by atoms with Crippen LogP contribution in [0.15, 0.2) is 109 Å². The number of methoxy groups -OCH3 is 1. The number of aromatic nitrogens is 3. The molecule has 15 heteroatoms. The number of hydrogen-bond acceptors (Lipinski definition) is 12. The minimum Gasteiger partial charge on any atom is -0.496 e. The summed E-state index contributed by atoms with van der Waals surface area (Å²) in [5.74, 6) is -0.183. The number of aliphatic hydroxyl groups excluding tert-OH is 1. The first-order chi connectivity index (χ1) is 31.6. The summed E-state index contributed by atoms with van der Waals surface area (Å²) in [6.45, 7) is 6.84. The zero-order valence-electron chi connectivity index (χ0n) is 36.2. The molecule has 8 rings (SSSR count). The fraction of sp³-hybridized carbons (Fsp3) is 0.280. The summed E-state index contributed by atoms with van der Waals surface area (Å²) in [5.41, 5.74) is 4.76. The first-order valence-corrected chi connectivity index (χ1v) is 22.5. The van der Waals surface area contributed by atoms with Crippen LogP contribution in [0.1, 0.15) is 29.2 Å². The van der Waals surface area contributed by atoms with Crippen molar-refractivity contribution in [3.05, 3.63) is 137 Å². The Balaban J connectivity index is 1.13. The highest BCUT2D eigenvalue weighted by molar-refractivity contribution is 7.22. The number of hydrogen-bond donors (Lipinski definition) is 2. The Hall–Kier alpha value is -6.16. The van der Waals surface area contributed by atoms with Crippen molar-refractivity contribution < 1.29 is 38.3 Å².